The van der Waals surface area contributed by atoms with Crippen molar-refractivity contribution in [1.29, 1.82) is 0 Å². The Bertz CT molecular complexity index is 573. The van der Waals surface area contributed by atoms with E-state index in [4.69, 9.17) is 0 Å². The van der Waals surface area contributed by atoms with Crippen LogP contribution in [0.5, 0.6) is 0 Å². The Balaban J connectivity index is 2.24. The minimum absolute atomic E-state index is 0.144. The van der Waals surface area contributed by atoms with E-state index in [0.717, 1.165) is 0 Å². The monoisotopic (exact) mass is 422 g/mol. The van der Waals surface area contributed by atoms with E-state index in [1.807, 2.05) is 0 Å². The molecule has 0 aromatic carbocycles. The third kappa shape index (κ3) is 7.28. The number of aliphatic hydroxyl groups is 1. The molecule has 1 saturated heterocycles. The first-order chi connectivity index (χ1) is 12.3. The lowest BCUT2D eigenvalue weighted by Gasteiger charge is -2.24. The highest BCUT2D eigenvalue weighted by Gasteiger charge is 2.70. The van der Waals surface area contributed by atoms with Crippen LogP contribution in [0.4, 0.5) is 22.0 Å². The molecule has 1 rings (SSSR count). The van der Waals surface area contributed by atoms with Crippen molar-refractivity contribution >= 4 is 17.7 Å². The Hall–Kier alpha value is -1.37. The van der Waals surface area contributed by atoms with E-state index in [0.29, 0.717) is 11.8 Å². The summed E-state index contributed by atoms with van der Waals surface area (Å²) in [6, 6.07) is 0. The van der Waals surface area contributed by atoms with Crippen LogP contribution in [0.1, 0.15) is 13.3 Å². The van der Waals surface area contributed by atoms with Crippen molar-refractivity contribution in [2.45, 2.75) is 37.3 Å². The number of carbonyl (C=O) groups is 1. The normalized spacial score (nSPS) is 24.3. The number of halogens is 5. The smallest absolute Gasteiger partial charge is 0.364 e. The van der Waals surface area contributed by atoms with Gasteiger partial charge in [0.05, 0.1) is 11.5 Å². The van der Waals surface area contributed by atoms with Gasteiger partial charge in [-0.25, -0.2) is 9.18 Å². The number of alkyl halides is 5. The Morgan fingerprint density at radius 3 is 2.41 bits per heavy atom. The Morgan fingerprint density at radius 2 is 1.89 bits per heavy atom. The Morgan fingerprint density at radius 1 is 1.26 bits per heavy atom. The fourth-order valence-electron chi connectivity index (χ4n) is 1.73. The lowest BCUT2D eigenvalue weighted by molar-refractivity contribution is -0.296. The molecule has 1 heterocycles. The van der Waals surface area contributed by atoms with Crippen molar-refractivity contribution < 1.29 is 51.1 Å². The van der Waals surface area contributed by atoms with Crippen LogP contribution in [0.2, 0.25) is 0 Å². The zero-order valence-electron chi connectivity index (χ0n) is 14.3. The highest BCUT2D eigenvalue weighted by atomic mass is 32.2. The van der Waals surface area contributed by atoms with Crippen molar-refractivity contribution in [1.82, 2.24) is 0 Å². The van der Waals surface area contributed by atoms with E-state index in [9.17, 15) is 31.9 Å². The van der Waals surface area contributed by atoms with Gasteiger partial charge in [0.1, 0.15) is 31.5 Å². The summed E-state index contributed by atoms with van der Waals surface area (Å²) < 4.78 is 74.5. The minimum Gasteiger partial charge on any atom is -0.459 e. The van der Waals surface area contributed by atoms with Gasteiger partial charge in [-0.15, -0.1) is 11.8 Å². The minimum atomic E-state index is -4.34. The SMILES string of the molecule is C=C(CSCC1(F)OC(F)(F)CC1(F)F)OOCC(O)COC(=O)C(=C)C. The highest BCUT2D eigenvalue weighted by molar-refractivity contribution is 7.99. The summed E-state index contributed by atoms with van der Waals surface area (Å²) in [7, 11) is 0. The maximum atomic E-state index is 13.9. The number of hydrogen-bond acceptors (Lipinski definition) is 7. The van der Waals surface area contributed by atoms with E-state index in [1.165, 1.54) is 6.92 Å². The van der Waals surface area contributed by atoms with E-state index in [-0.39, 0.29) is 23.7 Å². The number of aliphatic hydroxyl groups excluding tert-OH is 1. The van der Waals surface area contributed by atoms with Crippen LogP contribution in [0, 0.1) is 0 Å². The second-order valence-corrected chi connectivity index (χ2v) is 6.77. The molecule has 2 atom stereocenters. The van der Waals surface area contributed by atoms with Crippen LogP contribution >= 0.6 is 11.8 Å². The summed E-state index contributed by atoms with van der Waals surface area (Å²) in [5, 5.41) is 9.49. The lowest BCUT2D eigenvalue weighted by atomic mass is 10.1. The van der Waals surface area contributed by atoms with Crippen molar-refractivity contribution in [3.63, 3.8) is 0 Å². The van der Waals surface area contributed by atoms with Gasteiger partial charge in [-0.05, 0) is 6.92 Å². The number of esters is 1. The standard InChI is InChI=1S/C15H19F5O6S/c1-9(2)12(22)23-4-11(21)5-24-25-10(3)6-27-8-14(18)13(16,17)7-15(19,20)26-14/h11,21H,1,3-8H2,2H3. The molecule has 0 amide bonds. The van der Waals surface area contributed by atoms with Gasteiger partial charge in [0.25, 0.3) is 5.85 Å². The molecule has 0 aliphatic carbocycles. The summed E-state index contributed by atoms with van der Waals surface area (Å²) in [5.74, 6) is -10.4. The van der Waals surface area contributed by atoms with E-state index in [2.05, 4.69) is 32.4 Å². The van der Waals surface area contributed by atoms with Gasteiger partial charge in [-0.3, -0.25) is 4.74 Å². The van der Waals surface area contributed by atoms with Gasteiger partial charge in [0.2, 0.25) is 0 Å². The summed E-state index contributed by atoms with van der Waals surface area (Å²) >= 11 is 0.477. The summed E-state index contributed by atoms with van der Waals surface area (Å²) in [6.07, 6.45) is -7.51. The molecule has 1 fully saturated rings. The number of carbonyl (C=O) groups excluding carboxylic acids is 1. The molecular weight excluding hydrogens is 403 g/mol. The van der Waals surface area contributed by atoms with Crippen molar-refractivity contribution in [3.05, 3.63) is 24.5 Å². The van der Waals surface area contributed by atoms with Crippen LogP contribution in [0.15, 0.2) is 24.5 Å². The van der Waals surface area contributed by atoms with Crippen LogP contribution in [0.3, 0.4) is 0 Å². The quantitative estimate of drug-likeness (QED) is 0.137. The molecule has 1 aliphatic heterocycles. The number of hydrogen-bond donors (Lipinski definition) is 1. The summed E-state index contributed by atoms with van der Waals surface area (Å²) in [5.41, 5.74) is 0.144. The predicted octanol–water partition coefficient (Wildman–Crippen LogP) is 2.98. The van der Waals surface area contributed by atoms with Crippen LogP contribution in [-0.2, 0) is 24.0 Å². The Labute approximate surface area is 156 Å². The highest BCUT2D eigenvalue weighted by Crippen LogP contribution is 2.52. The first-order valence-electron chi connectivity index (χ1n) is 7.48. The largest absolute Gasteiger partial charge is 0.459 e. The molecule has 12 heteroatoms. The second kappa shape index (κ2) is 9.22. The third-order valence-corrected chi connectivity index (χ3v) is 4.13. The van der Waals surface area contributed by atoms with Crippen LogP contribution in [-0.4, -0.2) is 59.8 Å². The van der Waals surface area contributed by atoms with Crippen molar-refractivity contribution in [2.24, 2.45) is 0 Å². The molecule has 156 valence electrons. The first kappa shape index (κ1) is 23.7. The summed E-state index contributed by atoms with van der Waals surface area (Å²) in [6.45, 7) is 7.31. The number of rotatable bonds is 11. The van der Waals surface area contributed by atoms with Crippen LogP contribution < -0.4 is 0 Å². The fourth-order valence-corrected chi connectivity index (χ4v) is 2.64. The third-order valence-electron chi connectivity index (χ3n) is 3.03. The maximum absolute atomic E-state index is 13.9. The van der Waals surface area contributed by atoms with E-state index >= 15 is 0 Å². The van der Waals surface area contributed by atoms with Crippen LogP contribution in [0.25, 0.3) is 0 Å². The molecule has 0 aromatic rings. The average molecular weight is 422 g/mol. The number of ether oxygens (including phenoxy) is 2. The van der Waals surface area contributed by atoms with Gasteiger partial charge >= 0.3 is 18.0 Å². The van der Waals surface area contributed by atoms with Gasteiger partial charge < -0.3 is 14.7 Å². The number of thioether (sulfide) groups is 1. The van der Waals surface area contributed by atoms with Gasteiger partial charge in [-0.2, -0.15) is 22.4 Å². The van der Waals surface area contributed by atoms with Crippen molar-refractivity contribution in [2.75, 3.05) is 24.7 Å². The van der Waals surface area contributed by atoms with E-state index in [1.54, 1.807) is 0 Å². The molecule has 0 spiro atoms. The molecule has 0 saturated carbocycles. The zero-order valence-corrected chi connectivity index (χ0v) is 15.1. The predicted molar refractivity (Wildman–Crippen MR) is 84.7 cm³/mol. The topological polar surface area (TPSA) is 74.2 Å². The maximum Gasteiger partial charge on any atom is 0.364 e. The van der Waals surface area contributed by atoms with Crippen molar-refractivity contribution in [3.8, 4) is 0 Å². The van der Waals surface area contributed by atoms with E-state index < -0.39 is 48.7 Å². The molecule has 0 aromatic heterocycles. The molecule has 2 unspecified atom stereocenters. The lowest BCUT2D eigenvalue weighted by Crippen LogP contribution is -2.43. The molecule has 1 aliphatic rings. The fraction of sp³-hybridized carbons (Fsp3) is 0.667. The Kier molecular flexibility index (Phi) is 8.08. The van der Waals surface area contributed by atoms with Gasteiger partial charge in [0, 0.05) is 5.57 Å². The summed E-state index contributed by atoms with van der Waals surface area (Å²) in [4.78, 5) is 20.3. The zero-order chi connectivity index (χ0) is 20.9. The molecule has 6 nitrogen and oxygen atoms in total. The van der Waals surface area contributed by atoms with Gasteiger partial charge in [0.15, 0.2) is 0 Å². The first-order valence-corrected chi connectivity index (χ1v) is 8.64. The van der Waals surface area contributed by atoms with Gasteiger partial charge in [-0.1, -0.05) is 13.2 Å². The molecule has 27 heavy (non-hydrogen) atoms. The second-order valence-electron chi connectivity index (χ2n) is 5.78. The molecule has 0 radical (unpaired) electrons. The molecule has 0 bridgehead atoms. The molecule has 1 N–H and O–H groups in total. The average Bonchev–Trinajstić information content (AvgIpc) is 2.67. The molecular formula is C15H19F5O6S.